The van der Waals surface area contributed by atoms with Crippen molar-refractivity contribution < 1.29 is 0 Å². The second-order valence-corrected chi connectivity index (χ2v) is 7.43. The van der Waals surface area contributed by atoms with Crippen molar-refractivity contribution in [2.24, 2.45) is 0 Å². The number of nitrogens with one attached hydrogen (secondary N) is 2. The van der Waals surface area contributed by atoms with Gasteiger partial charge in [0.05, 0.1) is 11.0 Å². The molecular formula is C23H16BN5. The van der Waals surface area contributed by atoms with E-state index < -0.39 is 0 Å². The first kappa shape index (κ1) is 16.1. The van der Waals surface area contributed by atoms with Crippen LogP contribution in [-0.2, 0) is 0 Å². The molecular weight excluding hydrogens is 357 g/mol. The van der Waals surface area contributed by atoms with Crippen LogP contribution in [0.2, 0.25) is 0 Å². The summed E-state index contributed by atoms with van der Waals surface area (Å²) in [6, 6.07) is 17.7. The number of imidazole rings is 1. The third kappa shape index (κ3) is 2.26. The van der Waals surface area contributed by atoms with Crippen LogP contribution in [0.15, 0.2) is 60.8 Å². The average molecular weight is 373 g/mol. The number of aromatic amines is 2. The number of nitrogen functional groups attached to an aromatic ring is 2. The van der Waals surface area contributed by atoms with E-state index in [4.69, 9.17) is 24.3 Å². The Kier molecular flexibility index (Phi) is 3.07. The van der Waals surface area contributed by atoms with Crippen molar-refractivity contribution >= 4 is 68.2 Å². The monoisotopic (exact) mass is 373 g/mol. The summed E-state index contributed by atoms with van der Waals surface area (Å²) in [5, 5.41) is 5.23. The highest BCUT2D eigenvalue weighted by molar-refractivity contribution is 6.33. The van der Waals surface area contributed by atoms with Crippen LogP contribution in [0.5, 0.6) is 0 Å². The molecule has 2 radical (unpaired) electrons. The second kappa shape index (κ2) is 5.55. The molecule has 0 bridgehead atoms. The third-order valence-corrected chi connectivity index (χ3v) is 5.57. The van der Waals surface area contributed by atoms with E-state index in [0.29, 0.717) is 11.4 Å². The lowest BCUT2D eigenvalue weighted by Crippen LogP contribution is -1.99. The predicted octanol–water partition coefficient (Wildman–Crippen LogP) is 3.98. The Bertz CT molecular complexity index is 1510. The highest BCUT2D eigenvalue weighted by Crippen LogP contribution is 2.37. The molecule has 0 aliphatic rings. The van der Waals surface area contributed by atoms with Crippen LogP contribution in [0.3, 0.4) is 0 Å². The molecule has 0 atom stereocenters. The Labute approximate surface area is 167 Å². The number of rotatable bonds is 1. The van der Waals surface area contributed by atoms with Gasteiger partial charge in [0.1, 0.15) is 13.7 Å². The van der Waals surface area contributed by atoms with Gasteiger partial charge in [0.25, 0.3) is 0 Å². The fourth-order valence-corrected chi connectivity index (χ4v) is 4.22. The molecule has 6 N–H and O–H groups in total. The molecule has 6 aromatic rings. The summed E-state index contributed by atoms with van der Waals surface area (Å²) in [6.07, 6.45) is 1.96. The average Bonchev–Trinajstić information content (AvgIpc) is 3.32. The molecule has 4 aromatic carbocycles. The second-order valence-electron chi connectivity index (χ2n) is 7.43. The first-order chi connectivity index (χ1) is 14.1. The molecule has 0 amide bonds. The topological polar surface area (TPSA) is 96.5 Å². The van der Waals surface area contributed by atoms with E-state index >= 15 is 0 Å². The number of nitrogens with zero attached hydrogens (tertiary/aromatic N) is 1. The molecule has 136 valence electrons. The van der Waals surface area contributed by atoms with E-state index in [-0.39, 0.29) is 0 Å². The summed E-state index contributed by atoms with van der Waals surface area (Å²) in [5.74, 6) is 0.791. The largest absolute Gasteiger partial charge is 0.399 e. The van der Waals surface area contributed by atoms with Gasteiger partial charge in [-0.25, -0.2) is 4.98 Å². The van der Waals surface area contributed by atoms with Gasteiger partial charge in [0.2, 0.25) is 0 Å². The fourth-order valence-electron chi connectivity index (χ4n) is 4.22. The molecule has 0 fully saturated rings. The summed E-state index contributed by atoms with van der Waals surface area (Å²) >= 11 is 0. The lowest BCUT2D eigenvalue weighted by molar-refractivity contribution is 1.34. The van der Waals surface area contributed by atoms with E-state index in [1.165, 1.54) is 0 Å². The van der Waals surface area contributed by atoms with Crippen LogP contribution in [-0.4, -0.2) is 22.8 Å². The van der Waals surface area contributed by atoms with Gasteiger partial charge in [-0.3, -0.25) is 0 Å². The molecule has 6 rings (SSSR count). The Morgan fingerprint density at radius 3 is 2.28 bits per heavy atom. The molecule has 0 saturated carbocycles. The molecule has 0 unspecified atom stereocenters. The lowest BCUT2D eigenvalue weighted by Gasteiger charge is -2.07. The zero-order valence-corrected chi connectivity index (χ0v) is 15.5. The zero-order chi connectivity index (χ0) is 19.7. The number of benzene rings is 4. The van der Waals surface area contributed by atoms with Crippen LogP contribution >= 0.6 is 0 Å². The Morgan fingerprint density at radius 1 is 0.759 bits per heavy atom. The van der Waals surface area contributed by atoms with Gasteiger partial charge in [0.15, 0.2) is 0 Å². The maximum atomic E-state index is 6.08. The summed E-state index contributed by atoms with van der Waals surface area (Å²) in [7, 11) is 6.01. The number of nitrogens with two attached hydrogens (primary N) is 2. The summed E-state index contributed by atoms with van der Waals surface area (Å²) < 4.78 is 0. The normalized spacial score (nSPS) is 11.9. The van der Waals surface area contributed by atoms with E-state index in [1.54, 1.807) is 0 Å². The van der Waals surface area contributed by atoms with Crippen molar-refractivity contribution in [3.63, 3.8) is 0 Å². The van der Waals surface area contributed by atoms with Gasteiger partial charge in [-0.1, -0.05) is 29.7 Å². The molecule has 29 heavy (non-hydrogen) atoms. The Balaban J connectivity index is 1.76. The van der Waals surface area contributed by atoms with Gasteiger partial charge in [-0.2, -0.15) is 0 Å². The van der Waals surface area contributed by atoms with Crippen LogP contribution in [0.1, 0.15) is 0 Å². The fraction of sp³-hybridized carbons (Fsp3) is 0. The molecule has 0 saturated heterocycles. The molecule has 0 aliphatic carbocycles. The Morgan fingerprint density at radius 2 is 1.48 bits per heavy atom. The van der Waals surface area contributed by atoms with E-state index in [9.17, 15) is 0 Å². The minimum atomic E-state index is 0.712. The first-order valence-electron chi connectivity index (χ1n) is 9.35. The highest BCUT2D eigenvalue weighted by Gasteiger charge is 2.16. The quantitative estimate of drug-likeness (QED) is 0.199. The number of H-pyrrole nitrogens is 2. The zero-order valence-electron chi connectivity index (χ0n) is 15.5. The molecule has 0 spiro atoms. The molecule has 2 heterocycles. The maximum absolute atomic E-state index is 6.08. The Hall–Kier alpha value is -3.93. The highest BCUT2D eigenvalue weighted by atomic mass is 14.9. The number of aromatic nitrogens is 3. The minimum Gasteiger partial charge on any atom is -0.399 e. The van der Waals surface area contributed by atoms with Gasteiger partial charge in [0, 0.05) is 44.8 Å². The summed E-state index contributed by atoms with van der Waals surface area (Å²) in [5.41, 5.74) is 18.2. The van der Waals surface area contributed by atoms with Gasteiger partial charge in [-0.05, 0) is 41.1 Å². The number of hydrogen-bond donors (Lipinski definition) is 4. The smallest absolute Gasteiger partial charge is 0.140 e. The molecule has 2 aromatic heterocycles. The van der Waals surface area contributed by atoms with Crippen molar-refractivity contribution in [3.8, 4) is 11.4 Å². The van der Waals surface area contributed by atoms with Crippen molar-refractivity contribution in [3.05, 3.63) is 60.8 Å². The van der Waals surface area contributed by atoms with Crippen LogP contribution in [0.4, 0.5) is 11.4 Å². The summed E-state index contributed by atoms with van der Waals surface area (Å²) in [6.45, 7) is 0. The first-order valence-corrected chi connectivity index (χ1v) is 9.35. The van der Waals surface area contributed by atoms with Crippen LogP contribution in [0.25, 0.3) is 54.9 Å². The van der Waals surface area contributed by atoms with E-state index in [1.807, 2.05) is 60.8 Å². The number of anilines is 2. The number of fused-ring (bicyclic) bond motifs is 7. The van der Waals surface area contributed by atoms with Crippen LogP contribution in [0, 0.1) is 0 Å². The number of hydrogen-bond acceptors (Lipinski definition) is 3. The third-order valence-electron chi connectivity index (χ3n) is 5.57. The van der Waals surface area contributed by atoms with E-state index in [0.717, 1.165) is 60.3 Å². The molecule has 0 aliphatic heterocycles. The van der Waals surface area contributed by atoms with Gasteiger partial charge < -0.3 is 21.4 Å². The van der Waals surface area contributed by atoms with Gasteiger partial charge in [-0.15, -0.1) is 0 Å². The molecule has 5 nitrogen and oxygen atoms in total. The summed E-state index contributed by atoms with van der Waals surface area (Å²) in [4.78, 5) is 11.8. The standard InChI is InChI=1S/C23H16BN5/c24-11-1-6-20-18(7-11)19(10-27-20)23-28-21-14-4-2-12(25)8-16(14)17-9-13(26)3-5-15(17)22(21)29-23/h1-10,27H,25-26H2,(H,28,29). The lowest BCUT2D eigenvalue weighted by atomic mass is 9.94. The van der Waals surface area contributed by atoms with Crippen molar-refractivity contribution in [2.75, 3.05) is 11.5 Å². The molecule has 6 heteroatoms. The van der Waals surface area contributed by atoms with Crippen molar-refractivity contribution in [1.29, 1.82) is 0 Å². The minimum absolute atomic E-state index is 0.712. The van der Waals surface area contributed by atoms with Gasteiger partial charge >= 0.3 is 0 Å². The van der Waals surface area contributed by atoms with Crippen molar-refractivity contribution in [1.82, 2.24) is 15.0 Å². The maximum Gasteiger partial charge on any atom is 0.140 e. The van der Waals surface area contributed by atoms with Crippen molar-refractivity contribution in [2.45, 2.75) is 0 Å². The predicted molar refractivity (Wildman–Crippen MR) is 123 cm³/mol. The van der Waals surface area contributed by atoms with E-state index in [2.05, 4.69) is 9.97 Å². The SMILES string of the molecule is [B]c1ccc2[nH]cc(-c3nc4c5ccc(N)cc5c5cc(N)ccc5c4[nH]3)c2c1. The van der Waals surface area contributed by atoms with Crippen LogP contribution < -0.4 is 16.9 Å².